The molecule has 3 heteroatoms. The second-order valence-corrected chi connectivity index (χ2v) is 3.99. The second kappa shape index (κ2) is 2.96. The highest BCUT2D eigenvalue weighted by molar-refractivity contribution is 5.81. The average molecular weight is 167 g/mol. The summed E-state index contributed by atoms with van der Waals surface area (Å²) in [6.45, 7) is 5.45. The number of guanidine groups is 1. The molecule has 0 saturated heterocycles. The minimum absolute atomic E-state index is 0.917. The van der Waals surface area contributed by atoms with Gasteiger partial charge >= 0.3 is 0 Å². The maximum atomic E-state index is 4.37. The Morgan fingerprint density at radius 2 is 2.42 bits per heavy atom. The quantitative estimate of drug-likeness (QED) is 0.650. The number of nitrogens with zero attached hydrogens (tertiary/aromatic N) is 2. The first-order chi connectivity index (χ1) is 5.77. The first-order valence-corrected chi connectivity index (χ1v) is 4.77. The number of rotatable bonds is 2. The van der Waals surface area contributed by atoms with E-state index in [1.54, 1.807) is 0 Å². The smallest absolute Gasteiger partial charge is 0.193 e. The highest BCUT2D eigenvalue weighted by Crippen LogP contribution is 2.37. The standard InChI is InChI=1S/C9H17N3/c1-7-5-8(7)6-12(2)9-10-3-4-11-9/h7-8H,3-6H2,1-2H3,(H,10,11). The Balaban J connectivity index is 1.79. The summed E-state index contributed by atoms with van der Waals surface area (Å²) in [5.74, 6) is 2.95. The first kappa shape index (κ1) is 7.90. The molecule has 2 aliphatic rings. The van der Waals surface area contributed by atoms with Gasteiger partial charge in [0.1, 0.15) is 0 Å². The van der Waals surface area contributed by atoms with E-state index in [-0.39, 0.29) is 0 Å². The van der Waals surface area contributed by atoms with Crippen LogP contribution in [0.5, 0.6) is 0 Å². The van der Waals surface area contributed by atoms with Crippen molar-refractivity contribution in [2.75, 3.05) is 26.7 Å². The zero-order chi connectivity index (χ0) is 8.55. The molecular formula is C9H17N3. The van der Waals surface area contributed by atoms with Gasteiger partial charge in [0.15, 0.2) is 5.96 Å². The molecular weight excluding hydrogens is 150 g/mol. The Bertz CT molecular complexity index is 200. The molecule has 0 aromatic heterocycles. The van der Waals surface area contributed by atoms with Gasteiger partial charge in [0.2, 0.25) is 0 Å². The van der Waals surface area contributed by atoms with E-state index in [9.17, 15) is 0 Å². The molecule has 1 N–H and O–H groups in total. The van der Waals surface area contributed by atoms with E-state index in [2.05, 4.69) is 29.2 Å². The predicted molar refractivity (Wildman–Crippen MR) is 50.2 cm³/mol. The van der Waals surface area contributed by atoms with E-state index < -0.39 is 0 Å². The summed E-state index contributed by atoms with van der Waals surface area (Å²) in [4.78, 5) is 6.62. The van der Waals surface area contributed by atoms with E-state index in [0.29, 0.717) is 0 Å². The van der Waals surface area contributed by atoms with Gasteiger partial charge < -0.3 is 10.2 Å². The Morgan fingerprint density at radius 3 is 2.92 bits per heavy atom. The van der Waals surface area contributed by atoms with Crippen LogP contribution >= 0.6 is 0 Å². The minimum Gasteiger partial charge on any atom is -0.354 e. The molecule has 12 heavy (non-hydrogen) atoms. The van der Waals surface area contributed by atoms with E-state index in [1.807, 2.05) is 0 Å². The van der Waals surface area contributed by atoms with E-state index in [0.717, 1.165) is 30.9 Å². The van der Waals surface area contributed by atoms with Gasteiger partial charge in [-0.25, -0.2) is 0 Å². The van der Waals surface area contributed by atoms with Crippen molar-refractivity contribution in [3.63, 3.8) is 0 Å². The maximum Gasteiger partial charge on any atom is 0.193 e. The molecule has 1 heterocycles. The number of nitrogens with one attached hydrogen (secondary N) is 1. The van der Waals surface area contributed by atoms with Crippen LogP contribution in [0, 0.1) is 11.8 Å². The van der Waals surface area contributed by atoms with Gasteiger partial charge in [-0.2, -0.15) is 0 Å². The molecule has 2 rings (SSSR count). The van der Waals surface area contributed by atoms with Gasteiger partial charge in [0, 0.05) is 20.1 Å². The highest BCUT2D eigenvalue weighted by Gasteiger charge is 2.33. The lowest BCUT2D eigenvalue weighted by Crippen LogP contribution is -2.37. The van der Waals surface area contributed by atoms with Crippen LogP contribution in [0.1, 0.15) is 13.3 Å². The molecule has 0 amide bonds. The Labute approximate surface area is 73.9 Å². The minimum atomic E-state index is 0.917. The summed E-state index contributed by atoms with van der Waals surface area (Å²) in [5.41, 5.74) is 0. The van der Waals surface area contributed by atoms with Gasteiger partial charge in [-0.1, -0.05) is 6.92 Å². The summed E-state index contributed by atoms with van der Waals surface area (Å²) in [7, 11) is 2.13. The Hall–Kier alpha value is -0.730. The summed E-state index contributed by atoms with van der Waals surface area (Å²) in [5, 5.41) is 3.28. The van der Waals surface area contributed by atoms with Gasteiger partial charge in [-0.05, 0) is 18.3 Å². The molecule has 0 aromatic rings. The number of aliphatic imine (C=N–C) groups is 1. The van der Waals surface area contributed by atoms with Crippen molar-refractivity contribution in [3.8, 4) is 0 Å². The SMILES string of the molecule is CC1CC1CN(C)C1=NCCN1. The molecule has 2 atom stereocenters. The normalized spacial score (nSPS) is 32.7. The van der Waals surface area contributed by atoms with Crippen LogP contribution in [-0.2, 0) is 0 Å². The number of hydrogen-bond donors (Lipinski definition) is 1. The Morgan fingerprint density at radius 1 is 1.67 bits per heavy atom. The Kier molecular flexibility index (Phi) is 1.95. The molecule has 2 unspecified atom stereocenters. The van der Waals surface area contributed by atoms with Crippen LogP contribution < -0.4 is 5.32 Å². The fourth-order valence-corrected chi connectivity index (χ4v) is 1.73. The van der Waals surface area contributed by atoms with Gasteiger partial charge in [0.25, 0.3) is 0 Å². The molecule has 3 nitrogen and oxygen atoms in total. The highest BCUT2D eigenvalue weighted by atomic mass is 15.3. The van der Waals surface area contributed by atoms with Crippen LogP contribution in [0.15, 0.2) is 4.99 Å². The summed E-state index contributed by atoms with van der Waals surface area (Å²) in [6, 6.07) is 0. The zero-order valence-electron chi connectivity index (χ0n) is 7.88. The van der Waals surface area contributed by atoms with Crippen LogP contribution in [0.2, 0.25) is 0 Å². The third kappa shape index (κ3) is 1.54. The molecule has 0 aromatic carbocycles. The van der Waals surface area contributed by atoms with Crippen molar-refractivity contribution in [1.29, 1.82) is 0 Å². The molecule has 1 saturated carbocycles. The van der Waals surface area contributed by atoms with Crippen molar-refractivity contribution in [2.24, 2.45) is 16.8 Å². The third-order valence-corrected chi connectivity index (χ3v) is 2.80. The largest absolute Gasteiger partial charge is 0.354 e. The van der Waals surface area contributed by atoms with Gasteiger partial charge in [-0.3, -0.25) is 4.99 Å². The average Bonchev–Trinajstić information content (AvgIpc) is 2.58. The van der Waals surface area contributed by atoms with Crippen LogP contribution in [0.4, 0.5) is 0 Å². The molecule has 68 valence electrons. The van der Waals surface area contributed by atoms with Crippen LogP contribution in [-0.4, -0.2) is 37.5 Å². The van der Waals surface area contributed by atoms with E-state index in [4.69, 9.17) is 0 Å². The molecule has 0 spiro atoms. The van der Waals surface area contributed by atoms with Crippen molar-refractivity contribution in [2.45, 2.75) is 13.3 Å². The van der Waals surface area contributed by atoms with Gasteiger partial charge in [-0.15, -0.1) is 0 Å². The fraction of sp³-hybridized carbons (Fsp3) is 0.889. The lowest BCUT2D eigenvalue weighted by molar-refractivity contribution is 0.452. The lowest BCUT2D eigenvalue weighted by Gasteiger charge is -2.18. The van der Waals surface area contributed by atoms with Gasteiger partial charge in [0.05, 0.1) is 6.54 Å². The topological polar surface area (TPSA) is 27.6 Å². The lowest BCUT2D eigenvalue weighted by atomic mass is 10.3. The first-order valence-electron chi connectivity index (χ1n) is 4.77. The van der Waals surface area contributed by atoms with Crippen molar-refractivity contribution < 1.29 is 0 Å². The summed E-state index contributed by atoms with van der Waals surface area (Å²) >= 11 is 0. The van der Waals surface area contributed by atoms with Crippen LogP contribution in [0.3, 0.4) is 0 Å². The van der Waals surface area contributed by atoms with E-state index in [1.165, 1.54) is 13.0 Å². The molecule has 0 bridgehead atoms. The summed E-state index contributed by atoms with van der Waals surface area (Å²) < 4.78 is 0. The molecule has 1 aliphatic carbocycles. The van der Waals surface area contributed by atoms with Crippen molar-refractivity contribution in [1.82, 2.24) is 10.2 Å². The predicted octanol–water partition coefficient (Wildman–Crippen LogP) is 0.533. The molecule has 0 radical (unpaired) electrons. The fourth-order valence-electron chi connectivity index (χ4n) is 1.73. The monoisotopic (exact) mass is 167 g/mol. The third-order valence-electron chi connectivity index (χ3n) is 2.80. The van der Waals surface area contributed by atoms with Crippen LogP contribution in [0.25, 0.3) is 0 Å². The van der Waals surface area contributed by atoms with Crippen molar-refractivity contribution >= 4 is 5.96 Å². The van der Waals surface area contributed by atoms with E-state index >= 15 is 0 Å². The van der Waals surface area contributed by atoms with Crippen molar-refractivity contribution in [3.05, 3.63) is 0 Å². The number of hydrogen-bond acceptors (Lipinski definition) is 3. The molecule has 1 aliphatic heterocycles. The summed E-state index contributed by atoms with van der Waals surface area (Å²) in [6.07, 6.45) is 1.40. The maximum absolute atomic E-state index is 4.37. The zero-order valence-corrected chi connectivity index (χ0v) is 7.88. The molecule has 1 fully saturated rings. The second-order valence-electron chi connectivity index (χ2n) is 3.99.